The number of nitrogens with zero attached hydrogens (tertiary/aromatic N) is 2. The third kappa shape index (κ3) is 3.77. The standard InChI is InChI=1S/C21H24N2O3S/c1-27(25,26)22-13-16-10-11-20(15-22)23(14-16)21(24)19-9-5-8-18(12-19)17-6-3-2-4-7-17/h2-9,12,16,20H,10-11,13-15H2,1H3/t16-,20+/m1/s1. The first-order valence-corrected chi connectivity index (χ1v) is 11.2. The Balaban J connectivity index is 1.60. The molecule has 3 aliphatic rings. The largest absolute Gasteiger partial charge is 0.334 e. The van der Waals surface area contributed by atoms with Crippen molar-refractivity contribution in [3.05, 3.63) is 60.2 Å². The lowest BCUT2D eigenvalue weighted by Crippen LogP contribution is -2.47. The Morgan fingerprint density at radius 3 is 2.41 bits per heavy atom. The molecular weight excluding hydrogens is 360 g/mol. The van der Waals surface area contributed by atoms with Gasteiger partial charge in [-0.2, -0.15) is 4.31 Å². The second kappa shape index (κ2) is 7.09. The monoisotopic (exact) mass is 384 g/mol. The van der Waals surface area contributed by atoms with Gasteiger partial charge in [0, 0.05) is 31.2 Å². The molecule has 0 spiro atoms. The van der Waals surface area contributed by atoms with Crippen LogP contribution in [0.4, 0.5) is 0 Å². The van der Waals surface area contributed by atoms with Crippen LogP contribution in [0.1, 0.15) is 23.2 Å². The lowest BCUT2D eigenvalue weighted by molar-refractivity contribution is 0.0589. The number of amides is 1. The number of benzene rings is 2. The lowest BCUT2D eigenvalue weighted by Gasteiger charge is -2.36. The van der Waals surface area contributed by atoms with Gasteiger partial charge in [0.1, 0.15) is 0 Å². The average Bonchev–Trinajstić information content (AvgIpc) is 3.01. The Morgan fingerprint density at radius 2 is 1.67 bits per heavy atom. The first-order valence-electron chi connectivity index (χ1n) is 9.33. The Hall–Kier alpha value is -2.18. The van der Waals surface area contributed by atoms with Gasteiger partial charge < -0.3 is 4.90 Å². The Kier molecular flexibility index (Phi) is 4.78. The molecule has 2 aromatic rings. The van der Waals surface area contributed by atoms with Gasteiger partial charge in [0.15, 0.2) is 0 Å². The predicted octanol–water partition coefficient (Wildman–Crippen LogP) is 2.85. The van der Waals surface area contributed by atoms with E-state index in [9.17, 15) is 13.2 Å². The average molecular weight is 385 g/mol. The van der Waals surface area contributed by atoms with E-state index in [4.69, 9.17) is 0 Å². The molecule has 3 saturated heterocycles. The summed E-state index contributed by atoms with van der Waals surface area (Å²) in [6.45, 7) is 1.55. The number of fused-ring (bicyclic) bond motifs is 4. The number of hydrogen-bond acceptors (Lipinski definition) is 3. The topological polar surface area (TPSA) is 57.7 Å². The van der Waals surface area contributed by atoms with E-state index in [1.807, 2.05) is 59.5 Å². The summed E-state index contributed by atoms with van der Waals surface area (Å²) in [6.07, 6.45) is 3.10. The molecule has 6 heteroatoms. The minimum Gasteiger partial charge on any atom is -0.334 e. The maximum absolute atomic E-state index is 13.2. The van der Waals surface area contributed by atoms with Crippen LogP contribution in [0.25, 0.3) is 11.1 Å². The highest BCUT2D eigenvalue weighted by molar-refractivity contribution is 7.88. The van der Waals surface area contributed by atoms with Crippen LogP contribution < -0.4 is 0 Å². The fraction of sp³-hybridized carbons (Fsp3) is 0.381. The minimum absolute atomic E-state index is 0.00201. The Labute approximate surface area is 160 Å². The highest BCUT2D eigenvalue weighted by atomic mass is 32.2. The molecular formula is C21H24N2O3S. The van der Waals surface area contributed by atoms with Crippen LogP contribution in [-0.4, -0.2) is 55.5 Å². The SMILES string of the molecule is CS(=O)(=O)N1C[C@H]2CC[C@@H](C1)N(C(=O)c1cccc(-c3ccccc3)c1)C2. The maximum Gasteiger partial charge on any atom is 0.254 e. The molecule has 3 fully saturated rings. The summed E-state index contributed by atoms with van der Waals surface area (Å²) in [4.78, 5) is 15.1. The Bertz CT molecular complexity index is 943. The maximum atomic E-state index is 13.2. The van der Waals surface area contributed by atoms with E-state index in [2.05, 4.69) is 0 Å². The van der Waals surface area contributed by atoms with Crippen LogP contribution in [0.3, 0.4) is 0 Å². The van der Waals surface area contributed by atoms with E-state index >= 15 is 0 Å². The van der Waals surface area contributed by atoms with Gasteiger partial charge in [-0.15, -0.1) is 0 Å². The van der Waals surface area contributed by atoms with Crippen molar-refractivity contribution in [3.63, 3.8) is 0 Å². The molecule has 142 valence electrons. The van der Waals surface area contributed by atoms with E-state index < -0.39 is 10.0 Å². The molecule has 2 bridgehead atoms. The van der Waals surface area contributed by atoms with Gasteiger partial charge in [0.25, 0.3) is 5.91 Å². The van der Waals surface area contributed by atoms with Crippen molar-refractivity contribution in [2.75, 3.05) is 25.9 Å². The highest BCUT2D eigenvalue weighted by Gasteiger charge is 2.39. The molecule has 0 aliphatic carbocycles. The zero-order valence-electron chi connectivity index (χ0n) is 15.4. The van der Waals surface area contributed by atoms with Crippen molar-refractivity contribution in [3.8, 4) is 11.1 Å². The fourth-order valence-corrected chi connectivity index (χ4v) is 5.11. The molecule has 0 aromatic heterocycles. The molecule has 27 heavy (non-hydrogen) atoms. The molecule has 3 aliphatic heterocycles. The molecule has 0 saturated carbocycles. The van der Waals surface area contributed by atoms with Crippen LogP contribution in [0.15, 0.2) is 54.6 Å². The van der Waals surface area contributed by atoms with Gasteiger partial charge in [-0.3, -0.25) is 4.79 Å². The predicted molar refractivity (Wildman–Crippen MR) is 106 cm³/mol. The summed E-state index contributed by atoms with van der Waals surface area (Å²) in [5.41, 5.74) is 2.75. The van der Waals surface area contributed by atoms with Gasteiger partial charge in [0.05, 0.1) is 6.26 Å². The second-order valence-corrected chi connectivity index (χ2v) is 9.56. The van der Waals surface area contributed by atoms with Crippen LogP contribution in [0, 0.1) is 5.92 Å². The summed E-state index contributed by atoms with van der Waals surface area (Å²) in [5, 5.41) is 0. The highest BCUT2D eigenvalue weighted by Crippen LogP contribution is 2.31. The first-order chi connectivity index (χ1) is 12.9. The van der Waals surface area contributed by atoms with Gasteiger partial charge in [-0.05, 0) is 42.0 Å². The van der Waals surface area contributed by atoms with Gasteiger partial charge >= 0.3 is 0 Å². The van der Waals surface area contributed by atoms with Crippen molar-refractivity contribution in [1.82, 2.24) is 9.21 Å². The summed E-state index contributed by atoms with van der Waals surface area (Å²) < 4.78 is 25.6. The van der Waals surface area contributed by atoms with Crippen molar-refractivity contribution in [1.29, 1.82) is 0 Å². The molecule has 0 radical (unpaired) electrons. The van der Waals surface area contributed by atoms with Crippen LogP contribution in [0.2, 0.25) is 0 Å². The minimum atomic E-state index is -3.24. The van der Waals surface area contributed by atoms with Crippen molar-refractivity contribution in [2.24, 2.45) is 5.92 Å². The number of hydrogen-bond donors (Lipinski definition) is 0. The van der Waals surface area contributed by atoms with Crippen molar-refractivity contribution in [2.45, 2.75) is 18.9 Å². The van der Waals surface area contributed by atoms with Crippen LogP contribution >= 0.6 is 0 Å². The molecule has 2 aromatic carbocycles. The third-order valence-electron chi connectivity index (χ3n) is 5.63. The molecule has 2 atom stereocenters. The van der Waals surface area contributed by atoms with E-state index in [1.165, 1.54) is 6.26 Å². The Morgan fingerprint density at radius 1 is 0.926 bits per heavy atom. The zero-order valence-corrected chi connectivity index (χ0v) is 16.2. The number of rotatable bonds is 3. The third-order valence-corrected chi connectivity index (χ3v) is 6.86. The molecule has 5 nitrogen and oxygen atoms in total. The second-order valence-electron chi connectivity index (χ2n) is 7.58. The number of carbonyl (C=O) groups excluding carboxylic acids is 1. The summed E-state index contributed by atoms with van der Waals surface area (Å²) in [5.74, 6) is 0.206. The van der Waals surface area contributed by atoms with Gasteiger partial charge in [-0.25, -0.2) is 8.42 Å². The summed E-state index contributed by atoms with van der Waals surface area (Å²) in [6, 6.07) is 17.6. The number of carbonyl (C=O) groups is 1. The molecule has 0 unspecified atom stereocenters. The van der Waals surface area contributed by atoms with Crippen LogP contribution in [0.5, 0.6) is 0 Å². The van der Waals surface area contributed by atoms with Crippen LogP contribution in [-0.2, 0) is 10.0 Å². The fourth-order valence-electron chi connectivity index (χ4n) is 4.19. The quantitative estimate of drug-likeness (QED) is 0.818. The van der Waals surface area contributed by atoms with Crippen molar-refractivity contribution < 1.29 is 13.2 Å². The smallest absolute Gasteiger partial charge is 0.254 e. The van der Waals surface area contributed by atoms with E-state index in [0.717, 1.165) is 24.0 Å². The zero-order chi connectivity index (χ0) is 19.0. The summed E-state index contributed by atoms with van der Waals surface area (Å²) in [7, 11) is -3.24. The van der Waals surface area contributed by atoms with E-state index in [0.29, 0.717) is 25.2 Å². The number of sulfonamides is 1. The van der Waals surface area contributed by atoms with E-state index in [1.54, 1.807) is 4.31 Å². The molecule has 0 N–H and O–H groups in total. The van der Waals surface area contributed by atoms with Gasteiger partial charge in [0.2, 0.25) is 10.0 Å². The van der Waals surface area contributed by atoms with Crippen molar-refractivity contribution >= 4 is 15.9 Å². The summed E-state index contributed by atoms with van der Waals surface area (Å²) >= 11 is 0. The van der Waals surface area contributed by atoms with Gasteiger partial charge in [-0.1, -0.05) is 42.5 Å². The lowest BCUT2D eigenvalue weighted by atomic mass is 9.94. The molecule has 5 rings (SSSR count). The first kappa shape index (κ1) is 18.2. The molecule has 1 amide bonds. The number of piperidine rings is 1. The molecule has 3 heterocycles. The van der Waals surface area contributed by atoms with E-state index in [-0.39, 0.29) is 17.9 Å². The normalized spacial score (nSPS) is 23.2.